The molecule has 0 aliphatic carbocycles. The van der Waals surface area contributed by atoms with E-state index in [2.05, 4.69) is 10.3 Å². The molecule has 1 aromatic heterocycles. The number of amides is 1. The van der Waals surface area contributed by atoms with Crippen molar-refractivity contribution < 1.29 is 9.90 Å². The number of nitrogens with one attached hydrogen (secondary N) is 2. The summed E-state index contributed by atoms with van der Waals surface area (Å²) in [5.74, 6) is -0.356. The Balaban J connectivity index is 2.12. The van der Waals surface area contributed by atoms with Crippen molar-refractivity contribution >= 4 is 5.91 Å². The molecule has 1 heterocycles. The van der Waals surface area contributed by atoms with Crippen molar-refractivity contribution in [2.75, 3.05) is 6.54 Å². The largest absolute Gasteiger partial charge is 0.392 e. The second-order valence-electron chi connectivity index (χ2n) is 7.34. The van der Waals surface area contributed by atoms with Crippen LogP contribution in [-0.4, -0.2) is 28.6 Å². The van der Waals surface area contributed by atoms with Gasteiger partial charge in [0, 0.05) is 17.7 Å². The van der Waals surface area contributed by atoms with Crippen molar-refractivity contribution in [1.29, 1.82) is 0 Å². The first kappa shape index (κ1) is 18.9. The Morgan fingerprint density at radius 1 is 1.16 bits per heavy atom. The fourth-order valence-corrected chi connectivity index (χ4v) is 2.85. The van der Waals surface area contributed by atoms with Gasteiger partial charge < -0.3 is 15.4 Å². The van der Waals surface area contributed by atoms with Crippen molar-refractivity contribution in [3.05, 3.63) is 58.4 Å². The average molecular weight is 342 g/mol. The number of H-pyrrole nitrogens is 1. The number of hydrogen-bond donors (Lipinski definition) is 3. The van der Waals surface area contributed by atoms with Gasteiger partial charge in [0.1, 0.15) is 5.56 Å². The highest BCUT2D eigenvalue weighted by Gasteiger charge is 2.30. The first-order valence-corrected chi connectivity index (χ1v) is 8.47. The van der Waals surface area contributed by atoms with Gasteiger partial charge in [-0.05, 0) is 23.6 Å². The SMILES string of the molecule is CC(C)C(O)C(C)(C)CNC(=O)c1ccc(-c2ccccc2)[nH]c1=O. The van der Waals surface area contributed by atoms with Crippen molar-refractivity contribution in [2.45, 2.75) is 33.8 Å². The van der Waals surface area contributed by atoms with Crippen LogP contribution >= 0.6 is 0 Å². The van der Waals surface area contributed by atoms with Gasteiger partial charge in [0.05, 0.1) is 6.10 Å². The number of aromatic nitrogens is 1. The van der Waals surface area contributed by atoms with E-state index >= 15 is 0 Å². The van der Waals surface area contributed by atoms with Crippen LogP contribution in [0.25, 0.3) is 11.3 Å². The van der Waals surface area contributed by atoms with Crippen LogP contribution in [0.4, 0.5) is 0 Å². The van der Waals surface area contributed by atoms with Crippen molar-refractivity contribution in [2.24, 2.45) is 11.3 Å². The predicted octanol–water partition coefficient (Wildman–Crippen LogP) is 2.81. The Morgan fingerprint density at radius 3 is 2.36 bits per heavy atom. The second-order valence-corrected chi connectivity index (χ2v) is 7.34. The number of carbonyl (C=O) groups is 1. The number of carbonyl (C=O) groups excluding carboxylic acids is 1. The van der Waals surface area contributed by atoms with Crippen LogP contribution in [0.15, 0.2) is 47.3 Å². The molecule has 2 aromatic rings. The summed E-state index contributed by atoms with van der Waals surface area (Å²) in [5.41, 5.74) is 0.696. The summed E-state index contributed by atoms with van der Waals surface area (Å²) in [4.78, 5) is 27.3. The van der Waals surface area contributed by atoms with Gasteiger partial charge in [-0.1, -0.05) is 58.0 Å². The molecule has 3 N–H and O–H groups in total. The van der Waals surface area contributed by atoms with Crippen LogP contribution in [0.5, 0.6) is 0 Å². The summed E-state index contributed by atoms with van der Waals surface area (Å²) in [5, 5.41) is 13.0. The van der Waals surface area contributed by atoms with Gasteiger partial charge in [-0.15, -0.1) is 0 Å². The minimum atomic E-state index is -0.549. The predicted molar refractivity (Wildman–Crippen MR) is 99.5 cm³/mol. The third-order valence-electron chi connectivity index (χ3n) is 4.38. The molecule has 25 heavy (non-hydrogen) atoms. The third kappa shape index (κ3) is 4.57. The Labute approximate surface area is 148 Å². The number of benzene rings is 1. The number of aliphatic hydroxyl groups excluding tert-OH is 1. The third-order valence-corrected chi connectivity index (χ3v) is 4.38. The average Bonchev–Trinajstić information content (AvgIpc) is 2.59. The normalized spacial score (nSPS) is 12.9. The lowest BCUT2D eigenvalue weighted by molar-refractivity contribution is 0.0138. The van der Waals surface area contributed by atoms with E-state index in [1.807, 2.05) is 58.0 Å². The molecule has 0 aliphatic heterocycles. The Kier molecular flexibility index (Phi) is 5.80. The molecule has 1 amide bonds. The maximum atomic E-state index is 12.3. The summed E-state index contributed by atoms with van der Waals surface area (Å²) < 4.78 is 0. The van der Waals surface area contributed by atoms with Crippen LogP contribution in [0.2, 0.25) is 0 Å². The molecule has 1 atom stereocenters. The second kappa shape index (κ2) is 7.66. The van der Waals surface area contributed by atoms with E-state index in [0.29, 0.717) is 5.69 Å². The van der Waals surface area contributed by atoms with Gasteiger partial charge in [0.25, 0.3) is 11.5 Å². The standard InChI is InChI=1S/C20H26N2O3/c1-13(2)17(23)20(3,4)12-21-18(24)15-10-11-16(22-19(15)25)14-8-6-5-7-9-14/h5-11,13,17,23H,12H2,1-4H3,(H,21,24)(H,22,25). The zero-order valence-electron chi connectivity index (χ0n) is 15.2. The molecule has 0 aliphatic rings. The minimum Gasteiger partial charge on any atom is -0.392 e. The number of aliphatic hydroxyl groups is 1. The van der Waals surface area contributed by atoms with E-state index in [0.717, 1.165) is 5.56 Å². The summed E-state index contributed by atoms with van der Waals surface area (Å²) in [7, 11) is 0. The molecule has 134 valence electrons. The van der Waals surface area contributed by atoms with Crippen molar-refractivity contribution in [1.82, 2.24) is 10.3 Å². The lowest BCUT2D eigenvalue weighted by Gasteiger charge is -2.33. The van der Waals surface area contributed by atoms with E-state index in [4.69, 9.17) is 0 Å². The van der Waals surface area contributed by atoms with Gasteiger partial charge in [0.2, 0.25) is 0 Å². The quantitative estimate of drug-likeness (QED) is 0.755. The molecule has 0 bridgehead atoms. The highest BCUT2D eigenvalue weighted by molar-refractivity contribution is 5.94. The van der Waals surface area contributed by atoms with E-state index in [9.17, 15) is 14.7 Å². The van der Waals surface area contributed by atoms with Crippen LogP contribution in [0.1, 0.15) is 38.1 Å². The van der Waals surface area contributed by atoms with Crippen LogP contribution in [0, 0.1) is 11.3 Å². The van der Waals surface area contributed by atoms with Crippen LogP contribution in [-0.2, 0) is 0 Å². The minimum absolute atomic E-state index is 0.0644. The number of pyridine rings is 1. The highest BCUT2D eigenvalue weighted by Crippen LogP contribution is 2.25. The Bertz CT molecular complexity index is 779. The van der Waals surface area contributed by atoms with Crippen molar-refractivity contribution in [3.8, 4) is 11.3 Å². The van der Waals surface area contributed by atoms with Crippen LogP contribution in [0.3, 0.4) is 0 Å². The molecule has 1 aromatic carbocycles. The topological polar surface area (TPSA) is 82.2 Å². The van der Waals surface area contributed by atoms with Gasteiger partial charge in [-0.2, -0.15) is 0 Å². The summed E-state index contributed by atoms with van der Waals surface area (Å²) >= 11 is 0. The molecule has 5 heteroatoms. The maximum absolute atomic E-state index is 12.3. The fourth-order valence-electron chi connectivity index (χ4n) is 2.85. The monoisotopic (exact) mass is 342 g/mol. The van der Waals surface area contributed by atoms with Gasteiger partial charge >= 0.3 is 0 Å². The molecule has 2 rings (SSSR count). The van der Waals surface area contributed by atoms with E-state index in [-0.39, 0.29) is 18.0 Å². The molecule has 0 spiro atoms. The molecular weight excluding hydrogens is 316 g/mol. The number of aromatic amines is 1. The number of hydrogen-bond acceptors (Lipinski definition) is 3. The highest BCUT2D eigenvalue weighted by atomic mass is 16.3. The van der Waals surface area contributed by atoms with E-state index in [1.165, 1.54) is 6.07 Å². The smallest absolute Gasteiger partial charge is 0.261 e. The van der Waals surface area contributed by atoms with Gasteiger partial charge in [-0.25, -0.2) is 0 Å². The molecule has 0 saturated carbocycles. The molecular formula is C20H26N2O3. The molecule has 0 radical (unpaired) electrons. The van der Waals surface area contributed by atoms with Crippen molar-refractivity contribution in [3.63, 3.8) is 0 Å². The zero-order valence-corrected chi connectivity index (χ0v) is 15.2. The van der Waals surface area contributed by atoms with Gasteiger partial charge in [0.15, 0.2) is 0 Å². The fraction of sp³-hybridized carbons (Fsp3) is 0.400. The lowest BCUT2D eigenvalue weighted by atomic mass is 9.80. The Hall–Kier alpha value is -2.40. The van der Waals surface area contributed by atoms with Gasteiger partial charge in [-0.3, -0.25) is 9.59 Å². The summed E-state index contributed by atoms with van der Waals surface area (Å²) in [6, 6.07) is 12.7. The molecule has 0 fully saturated rings. The summed E-state index contributed by atoms with van der Waals surface area (Å²) in [6.07, 6.45) is -0.549. The first-order valence-electron chi connectivity index (χ1n) is 8.47. The summed E-state index contributed by atoms with van der Waals surface area (Å²) in [6.45, 7) is 7.93. The maximum Gasteiger partial charge on any atom is 0.261 e. The molecule has 5 nitrogen and oxygen atoms in total. The zero-order chi connectivity index (χ0) is 18.6. The lowest BCUT2D eigenvalue weighted by Crippen LogP contribution is -2.44. The van der Waals surface area contributed by atoms with Crippen LogP contribution < -0.4 is 10.9 Å². The van der Waals surface area contributed by atoms with E-state index in [1.54, 1.807) is 6.07 Å². The van der Waals surface area contributed by atoms with E-state index < -0.39 is 23.0 Å². The molecule has 0 saturated heterocycles. The Morgan fingerprint density at radius 2 is 1.80 bits per heavy atom. The molecule has 1 unspecified atom stereocenters. The first-order chi connectivity index (χ1) is 11.7. The number of rotatable bonds is 6.